The van der Waals surface area contributed by atoms with Crippen LogP contribution >= 0.6 is 0 Å². The van der Waals surface area contributed by atoms with Gasteiger partial charge in [0.2, 0.25) is 5.43 Å². The van der Waals surface area contributed by atoms with Gasteiger partial charge in [-0.3, -0.25) is 14.4 Å². The molecule has 6 nitrogen and oxygen atoms in total. The molecule has 1 atom stereocenters. The Morgan fingerprint density at radius 1 is 1.17 bits per heavy atom. The summed E-state index contributed by atoms with van der Waals surface area (Å²) in [6.45, 7) is 6.91. The number of benzene rings is 1. The van der Waals surface area contributed by atoms with E-state index < -0.39 is 11.3 Å². The van der Waals surface area contributed by atoms with E-state index >= 15 is 0 Å². The van der Waals surface area contributed by atoms with Gasteiger partial charge in [-0.1, -0.05) is 36.4 Å². The second-order valence-corrected chi connectivity index (χ2v) is 7.41. The molecule has 1 aromatic carbocycles. The van der Waals surface area contributed by atoms with E-state index in [1.807, 2.05) is 37.3 Å². The second kappa shape index (κ2) is 9.37. The molecule has 2 heterocycles. The van der Waals surface area contributed by atoms with Gasteiger partial charge in [0.1, 0.15) is 11.1 Å². The van der Waals surface area contributed by atoms with Gasteiger partial charge in [0.25, 0.3) is 11.8 Å². The number of aromatic nitrogens is 1. The molecule has 3 rings (SSSR count). The minimum atomic E-state index is -0.529. The smallest absolute Gasteiger partial charge is 0.259 e. The summed E-state index contributed by atoms with van der Waals surface area (Å²) >= 11 is 0. The maximum Gasteiger partial charge on any atom is 0.259 e. The molecule has 0 bridgehead atoms. The van der Waals surface area contributed by atoms with Crippen LogP contribution in [0.3, 0.4) is 0 Å². The van der Waals surface area contributed by atoms with Crippen LogP contribution in [0.5, 0.6) is 0 Å². The highest BCUT2D eigenvalue weighted by Crippen LogP contribution is 2.18. The third kappa shape index (κ3) is 4.83. The maximum absolute atomic E-state index is 13.2. The lowest BCUT2D eigenvalue weighted by Gasteiger charge is -2.33. The number of nitrogens with zero attached hydrogens (tertiary/aromatic N) is 2. The third-order valence-electron chi connectivity index (χ3n) is 5.23. The van der Waals surface area contributed by atoms with E-state index in [0.29, 0.717) is 13.1 Å². The summed E-state index contributed by atoms with van der Waals surface area (Å²) in [6.07, 6.45) is 7.56. The van der Waals surface area contributed by atoms with Gasteiger partial charge in [0.15, 0.2) is 0 Å². The van der Waals surface area contributed by atoms with Crippen LogP contribution in [0.4, 0.5) is 0 Å². The molecule has 6 heteroatoms. The first kappa shape index (κ1) is 20.6. The lowest BCUT2D eigenvalue weighted by Crippen LogP contribution is -2.44. The van der Waals surface area contributed by atoms with Crippen molar-refractivity contribution in [3.05, 3.63) is 82.3 Å². The van der Waals surface area contributed by atoms with Crippen molar-refractivity contribution in [2.45, 2.75) is 38.8 Å². The van der Waals surface area contributed by atoms with Gasteiger partial charge in [0.05, 0.1) is 0 Å². The van der Waals surface area contributed by atoms with Crippen molar-refractivity contribution in [1.29, 1.82) is 0 Å². The van der Waals surface area contributed by atoms with Crippen molar-refractivity contribution >= 4 is 11.8 Å². The number of carbonyl (C=O) groups is 2. The van der Waals surface area contributed by atoms with Crippen LogP contribution in [-0.2, 0) is 6.54 Å². The lowest BCUT2D eigenvalue weighted by molar-refractivity contribution is 0.0633. The molecule has 1 fully saturated rings. The summed E-state index contributed by atoms with van der Waals surface area (Å²) in [6, 6.07) is 9.79. The molecule has 2 aromatic rings. The van der Waals surface area contributed by atoms with Crippen molar-refractivity contribution in [3.63, 3.8) is 0 Å². The Labute approximate surface area is 170 Å². The van der Waals surface area contributed by atoms with E-state index in [9.17, 15) is 14.4 Å². The average molecular weight is 393 g/mol. The molecule has 1 aliphatic heterocycles. The summed E-state index contributed by atoms with van der Waals surface area (Å²) < 4.78 is 1.74. The molecule has 1 aliphatic rings. The van der Waals surface area contributed by atoms with Gasteiger partial charge in [-0.05, 0) is 31.7 Å². The molecule has 0 spiro atoms. The second-order valence-electron chi connectivity index (χ2n) is 7.41. The molecule has 1 saturated heterocycles. The van der Waals surface area contributed by atoms with E-state index in [0.717, 1.165) is 24.8 Å². The van der Waals surface area contributed by atoms with Crippen molar-refractivity contribution < 1.29 is 9.59 Å². The molecule has 0 radical (unpaired) electrons. The first-order chi connectivity index (χ1) is 14.0. The van der Waals surface area contributed by atoms with E-state index in [1.165, 1.54) is 6.20 Å². The zero-order valence-electron chi connectivity index (χ0n) is 16.8. The molecule has 152 valence electrons. The molecule has 0 unspecified atom stereocenters. The highest BCUT2D eigenvalue weighted by Gasteiger charge is 2.28. The zero-order chi connectivity index (χ0) is 20.8. The first-order valence-electron chi connectivity index (χ1n) is 9.99. The standard InChI is InChI=1S/C23H27N3O3/c1-3-12-24-22(28)19-15-25(14-18-10-5-4-6-11-18)16-20(21(19)27)23(29)26-13-8-7-9-17(26)2/h3-6,10-11,15-17H,1,7-9,12-14H2,2H3,(H,24,28)/t17-/m0/s1. The Kier molecular flexibility index (Phi) is 6.65. The number of nitrogens with one attached hydrogen (secondary N) is 1. The summed E-state index contributed by atoms with van der Waals surface area (Å²) in [7, 11) is 0. The first-order valence-corrected chi connectivity index (χ1v) is 9.99. The Morgan fingerprint density at radius 2 is 1.90 bits per heavy atom. The number of rotatable bonds is 6. The molecule has 2 amide bonds. The number of carbonyl (C=O) groups excluding carboxylic acids is 2. The average Bonchev–Trinajstić information content (AvgIpc) is 2.73. The molecule has 29 heavy (non-hydrogen) atoms. The quantitative estimate of drug-likeness (QED) is 0.767. The lowest BCUT2D eigenvalue weighted by atomic mass is 10.0. The Bertz CT molecular complexity index is 950. The fourth-order valence-corrected chi connectivity index (χ4v) is 3.65. The van der Waals surface area contributed by atoms with Crippen LogP contribution in [0.1, 0.15) is 52.5 Å². The van der Waals surface area contributed by atoms with Gasteiger partial charge in [-0.15, -0.1) is 6.58 Å². The van der Waals surface area contributed by atoms with Gasteiger partial charge < -0.3 is 14.8 Å². The fourth-order valence-electron chi connectivity index (χ4n) is 3.65. The number of likely N-dealkylation sites (tertiary alicyclic amines) is 1. The topological polar surface area (TPSA) is 71.4 Å². The summed E-state index contributed by atoms with van der Waals surface area (Å²) in [5, 5.41) is 2.64. The highest BCUT2D eigenvalue weighted by molar-refractivity contribution is 5.99. The Morgan fingerprint density at radius 3 is 2.59 bits per heavy atom. The number of hydrogen-bond donors (Lipinski definition) is 1. The Balaban J connectivity index is 2.02. The van der Waals surface area contributed by atoms with Gasteiger partial charge in [-0.2, -0.15) is 0 Å². The molecule has 1 N–H and O–H groups in total. The van der Waals surface area contributed by atoms with Crippen LogP contribution in [0.15, 0.2) is 60.2 Å². The minimum Gasteiger partial charge on any atom is -0.348 e. The number of hydrogen-bond acceptors (Lipinski definition) is 3. The number of pyridine rings is 1. The molecular weight excluding hydrogens is 366 g/mol. The van der Waals surface area contributed by atoms with Crippen LogP contribution in [0.25, 0.3) is 0 Å². The SMILES string of the molecule is C=CCNC(=O)c1cn(Cc2ccccc2)cc(C(=O)N2CCCC[C@@H]2C)c1=O. The van der Waals surface area contributed by atoms with Crippen molar-refractivity contribution in [1.82, 2.24) is 14.8 Å². The number of amides is 2. The fraction of sp³-hybridized carbons (Fsp3) is 0.348. The van der Waals surface area contributed by atoms with Gasteiger partial charge in [-0.25, -0.2) is 0 Å². The summed E-state index contributed by atoms with van der Waals surface area (Å²) in [5.41, 5.74) is 0.496. The molecule has 1 aromatic heterocycles. The largest absolute Gasteiger partial charge is 0.348 e. The summed E-state index contributed by atoms with van der Waals surface area (Å²) in [5.74, 6) is -0.805. The van der Waals surface area contributed by atoms with Crippen molar-refractivity contribution in [2.75, 3.05) is 13.1 Å². The van der Waals surface area contributed by atoms with E-state index in [-0.39, 0.29) is 29.6 Å². The number of piperidine rings is 1. The van der Waals surface area contributed by atoms with Crippen molar-refractivity contribution in [2.24, 2.45) is 0 Å². The Hall–Kier alpha value is -3.15. The minimum absolute atomic E-state index is 0.0294. The van der Waals surface area contributed by atoms with Crippen LogP contribution < -0.4 is 10.7 Å². The predicted molar refractivity (Wildman–Crippen MR) is 113 cm³/mol. The van der Waals surface area contributed by atoms with Crippen LogP contribution in [0.2, 0.25) is 0 Å². The zero-order valence-corrected chi connectivity index (χ0v) is 16.8. The van der Waals surface area contributed by atoms with E-state index in [2.05, 4.69) is 11.9 Å². The summed E-state index contributed by atoms with van der Waals surface area (Å²) in [4.78, 5) is 40.5. The molecule has 0 saturated carbocycles. The highest BCUT2D eigenvalue weighted by atomic mass is 16.2. The van der Waals surface area contributed by atoms with Gasteiger partial charge >= 0.3 is 0 Å². The predicted octanol–water partition coefficient (Wildman–Crippen LogP) is 2.83. The monoisotopic (exact) mass is 393 g/mol. The van der Waals surface area contributed by atoms with Crippen LogP contribution in [0, 0.1) is 0 Å². The third-order valence-corrected chi connectivity index (χ3v) is 5.23. The normalized spacial score (nSPS) is 16.3. The van der Waals surface area contributed by atoms with Crippen LogP contribution in [-0.4, -0.2) is 40.4 Å². The molecule has 0 aliphatic carbocycles. The van der Waals surface area contributed by atoms with Crippen molar-refractivity contribution in [3.8, 4) is 0 Å². The molecular formula is C23H27N3O3. The van der Waals surface area contributed by atoms with E-state index in [4.69, 9.17) is 0 Å². The van der Waals surface area contributed by atoms with E-state index in [1.54, 1.807) is 21.7 Å². The maximum atomic E-state index is 13.2. The van der Waals surface area contributed by atoms with Gasteiger partial charge in [0, 0.05) is 38.1 Å².